The molecule has 120 valence electrons. The van der Waals surface area contributed by atoms with Gasteiger partial charge in [-0.25, -0.2) is 0 Å². The summed E-state index contributed by atoms with van der Waals surface area (Å²) in [6, 6.07) is 13.9. The molecule has 0 spiro atoms. The third-order valence-electron chi connectivity index (χ3n) is 3.59. The van der Waals surface area contributed by atoms with E-state index in [1.807, 2.05) is 42.6 Å². The van der Waals surface area contributed by atoms with Crippen LogP contribution in [0.3, 0.4) is 0 Å². The number of H-pyrrole nitrogens is 1. The van der Waals surface area contributed by atoms with E-state index in [2.05, 4.69) is 32.2 Å². The van der Waals surface area contributed by atoms with Gasteiger partial charge in [-0.2, -0.15) is 5.10 Å². The minimum absolute atomic E-state index is 0.752. The zero-order valence-electron chi connectivity index (χ0n) is 12.8. The highest BCUT2D eigenvalue weighted by molar-refractivity contribution is 6.33. The van der Waals surface area contributed by atoms with Crippen molar-refractivity contribution in [2.75, 3.05) is 36.8 Å². The molecule has 4 N–H and O–H groups in total. The molecule has 0 aliphatic carbocycles. The van der Waals surface area contributed by atoms with Crippen molar-refractivity contribution < 1.29 is 0 Å². The van der Waals surface area contributed by atoms with Crippen molar-refractivity contribution >= 4 is 33.9 Å². The first-order valence-electron chi connectivity index (χ1n) is 7.70. The topological polar surface area (TPSA) is 64.8 Å². The number of hydrogen-bond acceptors (Lipinski definition) is 4. The number of nitrogens with one attached hydrogen (secondary N) is 4. The smallest absolute Gasteiger partial charge is 0.0671 e. The molecule has 0 unspecified atom stereocenters. The van der Waals surface area contributed by atoms with Crippen LogP contribution in [0.5, 0.6) is 0 Å². The van der Waals surface area contributed by atoms with Gasteiger partial charge in [-0.3, -0.25) is 5.10 Å². The van der Waals surface area contributed by atoms with Crippen molar-refractivity contribution in [2.24, 2.45) is 0 Å². The van der Waals surface area contributed by atoms with Crippen molar-refractivity contribution in [1.82, 2.24) is 15.5 Å². The minimum atomic E-state index is 0.752. The van der Waals surface area contributed by atoms with E-state index in [0.29, 0.717) is 0 Å². The van der Waals surface area contributed by atoms with E-state index in [9.17, 15) is 0 Å². The Morgan fingerprint density at radius 3 is 2.43 bits per heavy atom. The van der Waals surface area contributed by atoms with Crippen molar-refractivity contribution in [3.63, 3.8) is 0 Å². The molecule has 0 fully saturated rings. The summed E-state index contributed by atoms with van der Waals surface area (Å²) in [5, 5.41) is 19.0. The fraction of sp³-hybridized carbons (Fsp3) is 0.235. The molecule has 2 aromatic carbocycles. The molecule has 0 saturated carbocycles. The Morgan fingerprint density at radius 2 is 1.61 bits per heavy atom. The van der Waals surface area contributed by atoms with Gasteiger partial charge in [-0.05, 0) is 24.3 Å². The monoisotopic (exact) mass is 329 g/mol. The molecule has 0 amide bonds. The first kappa shape index (κ1) is 15.6. The zero-order chi connectivity index (χ0) is 15.9. The molecule has 0 aliphatic rings. The van der Waals surface area contributed by atoms with Crippen LogP contribution in [-0.2, 0) is 0 Å². The summed E-state index contributed by atoms with van der Waals surface area (Å²) in [4.78, 5) is 0. The SMILES string of the molecule is Clc1ccccc1NCCNCCNc1cccc2[nH]ncc12. The van der Waals surface area contributed by atoms with Crippen molar-refractivity contribution in [2.45, 2.75) is 0 Å². The lowest BCUT2D eigenvalue weighted by Crippen LogP contribution is -2.27. The maximum absolute atomic E-state index is 6.09. The lowest BCUT2D eigenvalue weighted by molar-refractivity contribution is 0.719. The molecule has 1 aromatic heterocycles. The van der Waals surface area contributed by atoms with Crippen molar-refractivity contribution in [3.8, 4) is 0 Å². The average molecular weight is 330 g/mol. The average Bonchev–Trinajstić information content (AvgIpc) is 3.05. The predicted octanol–water partition coefficient (Wildman–Crippen LogP) is 3.33. The molecule has 0 radical (unpaired) electrons. The predicted molar refractivity (Wildman–Crippen MR) is 97.4 cm³/mol. The highest BCUT2D eigenvalue weighted by Gasteiger charge is 2.01. The number of aromatic amines is 1. The maximum Gasteiger partial charge on any atom is 0.0671 e. The number of halogens is 1. The van der Waals surface area contributed by atoms with Gasteiger partial charge in [0.25, 0.3) is 0 Å². The number of fused-ring (bicyclic) bond motifs is 1. The Morgan fingerprint density at radius 1 is 0.870 bits per heavy atom. The van der Waals surface area contributed by atoms with E-state index in [4.69, 9.17) is 11.6 Å². The highest BCUT2D eigenvalue weighted by Crippen LogP contribution is 2.20. The largest absolute Gasteiger partial charge is 0.383 e. The lowest BCUT2D eigenvalue weighted by atomic mass is 10.2. The minimum Gasteiger partial charge on any atom is -0.383 e. The summed E-state index contributed by atoms with van der Waals surface area (Å²) in [6.07, 6.45) is 1.85. The molecule has 6 heteroatoms. The lowest BCUT2D eigenvalue weighted by Gasteiger charge is -2.10. The molecule has 0 saturated heterocycles. The fourth-order valence-corrected chi connectivity index (χ4v) is 2.63. The van der Waals surface area contributed by atoms with Crippen LogP contribution in [0, 0.1) is 0 Å². The molecule has 0 bridgehead atoms. The summed E-state index contributed by atoms with van der Waals surface area (Å²) in [7, 11) is 0. The van der Waals surface area contributed by atoms with Crippen LogP contribution in [0.4, 0.5) is 11.4 Å². The van der Waals surface area contributed by atoms with Gasteiger partial charge in [0.1, 0.15) is 0 Å². The normalized spacial score (nSPS) is 10.8. The molecule has 3 aromatic rings. The van der Waals surface area contributed by atoms with Gasteiger partial charge in [0.2, 0.25) is 0 Å². The molecular formula is C17H20ClN5. The van der Waals surface area contributed by atoms with E-state index in [1.54, 1.807) is 0 Å². The van der Waals surface area contributed by atoms with Crippen LogP contribution in [0.2, 0.25) is 5.02 Å². The number of para-hydroxylation sites is 1. The number of rotatable bonds is 8. The van der Waals surface area contributed by atoms with Gasteiger partial charge < -0.3 is 16.0 Å². The Balaban J connectivity index is 1.35. The summed E-state index contributed by atoms with van der Waals surface area (Å²) in [5.74, 6) is 0. The van der Waals surface area contributed by atoms with Crippen LogP contribution >= 0.6 is 11.6 Å². The van der Waals surface area contributed by atoms with Crippen LogP contribution in [0.1, 0.15) is 0 Å². The third-order valence-corrected chi connectivity index (χ3v) is 3.92. The van der Waals surface area contributed by atoms with Crippen LogP contribution in [-0.4, -0.2) is 36.4 Å². The van der Waals surface area contributed by atoms with Crippen LogP contribution in [0.25, 0.3) is 10.9 Å². The second-order valence-electron chi connectivity index (χ2n) is 5.22. The third kappa shape index (κ3) is 4.15. The van der Waals surface area contributed by atoms with Crippen molar-refractivity contribution in [1.29, 1.82) is 0 Å². The Hall–Kier alpha value is -2.24. The van der Waals surface area contributed by atoms with Gasteiger partial charge >= 0.3 is 0 Å². The maximum atomic E-state index is 6.09. The standard InChI is InChI=1S/C17H20ClN5/c18-14-4-1-2-5-17(14)21-11-9-19-8-10-20-15-6-3-7-16-13(15)12-22-23-16/h1-7,12,19-21H,8-11H2,(H,22,23). The fourth-order valence-electron chi connectivity index (χ4n) is 2.42. The van der Waals surface area contributed by atoms with E-state index in [-0.39, 0.29) is 0 Å². The molecular weight excluding hydrogens is 310 g/mol. The van der Waals surface area contributed by atoms with E-state index >= 15 is 0 Å². The zero-order valence-corrected chi connectivity index (χ0v) is 13.5. The number of anilines is 2. The van der Waals surface area contributed by atoms with Gasteiger partial charge in [-0.15, -0.1) is 0 Å². The number of nitrogens with zero attached hydrogens (tertiary/aromatic N) is 1. The van der Waals surface area contributed by atoms with Gasteiger partial charge in [0, 0.05) is 37.3 Å². The van der Waals surface area contributed by atoms with E-state index in [1.165, 1.54) is 0 Å². The molecule has 0 aliphatic heterocycles. The second kappa shape index (κ2) is 7.85. The molecule has 0 atom stereocenters. The summed E-state index contributed by atoms with van der Waals surface area (Å²) >= 11 is 6.09. The quantitative estimate of drug-likeness (QED) is 0.479. The van der Waals surface area contributed by atoms with Crippen molar-refractivity contribution in [3.05, 3.63) is 53.7 Å². The number of hydrogen-bond donors (Lipinski definition) is 4. The summed E-state index contributed by atoms with van der Waals surface area (Å²) < 4.78 is 0. The Bertz CT molecular complexity index is 755. The van der Waals surface area contributed by atoms with E-state index < -0.39 is 0 Å². The van der Waals surface area contributed by atoms with Crippen LogP contribution < -0.4 is 16.0 Å². The molecule has 1 heterocycles. The molecule has 3 rings (SSSR count). The van der Waals surface area contributed by atoms with Gasteiger partial charge in [0.05, 0.1) is 22.4 Å². The molecule has 23 heavy (non-hydrogen) atoms. The Labute approximate surface area is 140 Å². The van der Waals surface area contributed by atoms with Gasteiger partial charge in [-0.1, -0.05) is 29.8 Å². The summed E-state index contributed by atoms with van der Waals surface area (Å²) in [6.45, 7) is 3.46. The van der Waals surface area contributed by atoms with Gasteiger partial charge in [0.15, 0.2) is 0 Å². The Kier molecular flexibility index (Phi) is 5.34. The number of benzene rings is 2. The van der Waals surface area contributed by atoms with Crippen LogP contribution in [0.15, 0.2) is 48.7 Å². The second-order valence-corrected chi connectivity index (χ2v) is 5.63. The molecule has 5 nitrogen and oxygen atoms in total. The highest BCUT2D eigenvalue weighted by atomic mass is 35.5. The summed E-state index contributed by atoms with van der Waals surface area (Å²) in [5.41, 5.74) is 3.12. The number of aromatic nitrogens is 2. The first-order valence-corrected chi connectivity index (χ1v) is 8.07. The first-order chi connectivity index (χ1) is 11.3. The van der Waals surface area contributed by atoms with E-state index in [0.717, 1.165) is 53.5 Å².